The average molecular weight is 545 g/mol. The summed E-state index contributed by atoms with van der Waals surface area (Å²) >= 11 is 0. The summed E-state index contributed by atoms with van der Waals surface area (Å²) in [5.41, 5.74) is 3.55. The van der Waals surface area contributed by atoms with Gasteiger partial charge in [0.25, 0.3) is 11.8 Å². The Morgan fingerprint density at radius 2 is 1.63 bits per heavy atom. The van der Waals surface area contributed by atoms with Crippen molar-refractivity contribution in [2.45, 2.75) is 37.6 Å². The molecule has 2 bridgehead atoms. The van der Waals surface area contributed by atoms with Crippen LogP contribution in [0.25, 0.3) is 11.3 Å². The van der Waals surface area contributed by atoms with Gasteiger partial charge < -0.3 is 13.9 Å². The Kier molecular flexibility index (Phi) is 5.84. The zero-order valence-corrected chi connectivity index (χ0v) is 22.0. The normalized spacial score (nSPS) is 20.1. The zero-order valence-electron chi connectivity index (χ0n) is 22.0. The van der Waals surface area contributed by atoms with Gasteiger partial charge in [-0.1, -0.05) is 48.5 Å². The van der Waals surface area contributed by atoms with Crippen LogP contribution >= 0.6 is 0 Å². The second-order valence-corrected chi connectivity index (χ2v) is 10.5. The van der Waals surface area contributed by atoms with Gasteiger partial charge >= 0.3 is 5.63 Å². The van der Waals surface area contributed by atoms with Gasteiger partial charge in [0.1, 0.15) is 23.2 Å². The highest BCUT2D eigenvalue weighted by Gasteiger charge is 2.49. The van der Waals surface area contributed by atoms with E-state index in [1.807, 2.05) is 42.5 Å². The van der Waals surface area contributed by atoms with Crippen molar-refractivity contribution in [3.63, 3.8) is 0 Å². The lowest BCUT2D eigenvalue weighted by Gasteiger charge is -2.46. The van der Waals surface area contributed by atoms with E-state index in [9.17, 15) is 19.6 Å². The van der Waals surface area contributed by atoms with Gasteiger partial charge in [0.2, 0.25) is 5.79 Å². The first-order chi connectivity index (χ1) is 20.0. The van der Waals surface area contributed by atoms with Gasteiger partial charge in [0, 0.05) is 31.0 Å². The quantitative estimate of drug-likeness (QED) is 0.236. The first kappa shape index (κ1) is 25.0. The van der Waals surface area contributed by atoms with E-state index in [0.29, 0.717) is 53.9 Å². The van der Waals surface area contributed by atoms with E-state index in [1.165, 1.54) is 4.90 Å². The summed E-state index contributed by atoms with van der Waals surface area (Å²) in [5.74, 6) is -0.845. The molecule has 3 aliphatic rings. The number of fused-ring (bicyclic) bond motifs is 7. The van der Waals surface area contributed by atoms with Crippen molar-refractivity contribution >= 4 is 11.8 Å². The fourth-order valence-electron chi connectivity index (χ4n) is 6.02. The lowest BCUT2D eigenvalue weighted by molar-refractivity contribution is -0.233. The number of imide groups is 1. The number of nitrogens with zero attached hydrogens (tertiary/aromatic N) is 2. The molecule has 202 valence electrons. The number of amides is 2. The molecule has 0 saturated carbocycles. The van der Waals surface area contributed by atoms with E-state index in [-0.39, 0.29) is 23.9 Å². The Labute approximate surface area is 235 Å². The minimum atomic E-state index is -1.09. The molecule has 0 unspecified atom stereocenters. The van der Waals surface area contributed by atoms with Gasteiger partial charge in [-0.2, -0.15) is 5.26 Å². The molecule has 3 aliphatic heterocycles. The van der Waals surface area contributed by atoms with Crippen molar-refractivity contribution < 1.29 is 23.5 Å². The first-order valence-corrected chi connectivity index (χ1v) is 13.5. The van der Waals surface area contributed by atoms with Crippen molar-refractivity contribution in [1.82, 2.24) is 4.90 Å². The first-order valence-electron chi connectivity index (χ1n) is 13.5. The minimum Gasteiger partial charge on any atom is -0.461 e. The fourth-order valence-corrected chi connectivity index (χ4v) is 6.02. The maximum atomic E-state index is 13.3. The van der Waals surface area contributed by atoms with Crippen molar-refractivity contribution in [3.05, 3.63) is 123 Å². The number of unbranched alkanes of at least 4 members (excludes halogenated alkanes) is 1. The van der Waals surface area contributed by atoms with E-state index in [2.05, 4.69) is 6.07 Å². The molecule has 0 spiro atoms. The molecular weight excluding hydrogens is 520 g/mol. The highest BCUT2D eigenvalue weighted by molar-refractivity contribution is 6.21. The number of ether oxygens (including phenoxy) is 2. The van der Waals surface area contributed by atoms with E-state index < -0.39 is 17.5 Å². The Morgan fingerprint density at radius 3 is 2.37 bits per heavy atom. The molecule has 0 fully saturated rings. The van der Waals surface area contributed by atoms with Gasteiger partial charge in [0.15, 0.2) is 0 Å². The molecule has 0 aliphatic carbocycles. The highest BCUT2D eigenvalue weighted by atomic mass is 16.7. The van der Waals surface area contributed by atoms with Gasteiger partial charge in [-0.25, -0.2) is 4.79 Å². The number of carbonyl (C=O) groups excluding carboxylic acids is 2. The predicted molar refractivity (Wildman–Crippen MR) is 147 cm³/mol. The van der Waals surface area contributed by atoms with Crippen LogP contribution in [-0.2, 0) is 11.2 Å². The molecule has 2 atom stereocenters. The minimum absolute atomic E-state index is 0.277. The van der Waals surface area contributed by atoms with E-state index in [4.69, 9.17) is 13.9 Å². The third-order valence-corrected chi connectivity index (χ3v) is 7.98. The molecule has 41 heavy (non-hydrogen) atoms. The van der Waals surface area contributed by atoms with Crippen LogP contribution in [0.2, 0.25) is 0 Å². The monoisotopic (exact) mass is 544 g/mol. The Bertz CT molecular complexity index is 1790. The zero-order chi connectivity index (χ0) is 28.1. The Morgan fingerprint density at radius 1 is 0.902 bits per heavy atom. The molecule has 3 aromatic carbocycles. The molecule has 0 N–H and O–H groups in total. The van der Waals surface area contributed by atoms with Crippen LogP contribution < -0.4 is 10.4 Å². The Balaban J connectivity index is 1.18. The van der Waals surface area contributed by atoms with Crippen LogP contribution in [0.1, 0.15) is 68.3 Å². The lowest BCUT2D eigenvalue weighted by Crippen LogP contribution is -2.50. The van der Waals surface area contributed by atoms with Crippen LogP contribution in [-0.4, -0.2) is 29.0 Å². The maximum absolute atomic E-state index is 13.3. The predicted octanol–water partition coefficient (Wildman–Crippen LogP) is 5.40. The van der Waals surface area contributed by atoms with Gasteiger partial charge in [-0.15, -0.1) is 0 Å². The molecule has 8 nitrogen and oxygen atoms in total. The van der Waals surface area contributed by atoms with Crippen molar-refractivity contribution in [1.29, 1.82) is 5.26 Å². The van der Waals surface area contributed by atoms with Gasteiger partial charge in [-0.05, 0) is 48.2 Å². The van der Waals surface area contributed by atoms with Crippen LogP contribution in [0, 0.1) is 11.3 Å². The van der Waals surface area contributed by atoms with E-state index in [1.54, 1.807) is 36.4 Å². The fraction of sp³-hybridized carbons (Fsp3) is 0.212. The average Bonchev–Trinajstić information content (AvgIpc) is 3.23. The number of nitriles is 1. The molecule has 4 aromatic rings. The third kappa shape index (κ3) is 4.14. The summed E-state index contributed by atoms with van der Waals surface area (Å²) in [6.07, 6.45) is 1.25. The van der Waals surface area contributed by atoms with Crippen molar-refractivity contribution in [2.75, 3.05) is 6.54 Å². The SMILES string of the molecule is N#Cc1ccc2c(c1)C[C@]1(CCCCN3C(=O)c4ccccc4C3=O)Oc3cc(-c4ccccc4)oc(=O)c3[C@H]2O1. The third-order valence-electron chi connectivity index (χ3n) is 7.98. The van der Waals surface area contributed by atoms with Crippen LogP contribution in [0.15, 0.2) is 88.1 Å². The standard InChI is InChI=1S/C33H24N2O6/c34-19-20-12-13-23-22(16-20)18-33(14-6-7-15-35-30(36)24-10-4-5-11-25(24)31(35)37)40-27-17-26(21-8-2-1-3-9-21)39-32(38)28(27)29(23)41-33/h1-5,8-13,16-17,29H,6-7,14-15,18H2/t29-,33+/m0/s1. The molecule has 1 aromatic heterocycles. The summed E-state index contributed by atoms with van der Waals surface area (Å²) in [4.78, 5) is 40.2. The second kappa shape index (κ2) is 9.58. The summed E-state index contributed by atoms with van der Waals surface area (Å²) in [6, 6.07) is 25.5. The lowest BCUT2D eigenvalue weighted by atomic mass is 9.85. The topological polar surface area (TPSA) is 110 Å². The molecule has 7 rings (SSSR count). The largest absolute Gasteiger partial charge is 0.461 e. The van der Waals surface area contributed by atoms with Crippen molar-refractivity contribution in [3.8, 4) is 23.1 Å². The molecule has 0 radical (unpaired) electrons. The van der Waals surface area contributed by atoms with E-state index in [0.717, 1.165) is 16.7 Å². The molecule has 2 amide bonds. The summed E-state index contributed by atoms with van der Waals surface area (Å²) in [7, 11) is 0. The summed E-state index contributed by atoms with van der Waals surface area (Å²) < 4.78 is 18.7. The summed E-state index contributed by atoms with van der Waals surface area (Å²) in [5, 5.41) is 9.49. The number of hydrogen-bond acceptors (Lipinski definition) is 7. The number of carbonyl (C=O) groups is 2. The molecule has 8 heteroatoms. The highest BCUT2D eigenvalue weighted by Crippen LogP contribution is 2.49. The number of rotatable bonds is 6. The van der Waals surface area contributed by atoms with Crippen LogP contribution in [0.3, 0.4) is 0 Å². The molecule has 0 saturated heterocycles. The smallest absolute Gasteiger partial charge is 0.346 e. The van der Waals surface area contributed by atoms with E-state index >= 15 is 0 Å². The molecular formula is C33H24N2O6. The number of hydrogen-bond donors (Lipinski definition) is 0. The van der Waals surface area contributed by atoms with Gasteiger partial charge in [-0.3, -0.25) is 14.5 Å². The summed E-state index contributed by atoms with van der Waals surface area (Å²) in [6.45, 7) is 0.277. The van der Waals surface area contributed by atoms with Crippen LogP contribution in [0.5, 0.6) is 5.75 Å². The van der Waals surface area contributed by atoms with Crippen molar-refractivity contribution in [2.24, 2.45) is 0 Å². The Hall–Kier alpha value is -5.00. The number of benzene rings is 3. The second-order valence-electron chi connectivity index (χ2n) is 10.5. The van der Waals surface area contributed by atoms with Crippen LogP contribution in [0.4, 0.5) is 0 Å². The van der Waals surface area contributed by atoms with Gasteiger partial charge in [0.05, 0.1) is 22.8 Å². The molecule has 4 heterocycles. The maximum Gasteiger partial charge on any atom is 0.346 e.